The molecule has 0 spiro atoms. The Bertz CT molecular complexity index is 917. The van der Waals surface area contributed by atoms with Gasteiger partial charge in [-0.2, -0.15) is 0 Å². The lowest BCUT2D eigenvalue weighted by atomic mass is 10.0. The number of aromatic nitrogens is 1. The zero-order chi connectivity index (χ0) is 15.5. The molecule has 1 heterocycles. The number of oxazole rings is 1. The minimum Gasteiger partial charge on any atom is -0.437 e. The molecule has 0 saturated carbocycles. The number of fused-ring (bicyclic) bond motifs is 1. The van der Waals surface area contributed by atoms with Crippen molar-refractivity contribution in [2.75, 3.05) is 0 Å². The highest BCUT2D eigenvalue weighted by molar-refractivity contribution is 5.76. The fourth-order valence-electron chi connectivity index (χ4n) is 2.55. The van der Waals surface area contributed by atoms with Crippen molar-refractivity contribution in [1.29, 1.82) is 0 Å². The van der Waals surface area contributed by atoms with Crippen LogP contribution in [0.15, 0.2) is 83.3 Å². The quantitative estimate of drug-likeness (QED) is 0.487. The fourth-order valence-corrected chi connectivity index (χ4v) is 2.55. The van der Waals surface area contributed by atoms with Crippen molar-refractivity contribution in [3.63, 3.8) is 0 Å². The summed E-state index contributed by atoms with van der Waals surface area (Å²) in [5.74, 6) is 0.623. The van der Waals surface area contributed by atoms with Gasteiger partial charge in [-0.1, -0.05) is 66.7 Å². The van der Waals surface area contributed by atoms with E-state index in [2.05, 4.69) is 53.5 Å². The number of nitrogens with zero attached hydrogens (tertiary/aromatic N) is 1. The summed E-state index contributed by atoms with van der Waals surface area (Å²) in [7, 11) is 0. The lowest BCUT2D eigenvalue weighted by Gasteiger charge is -2.01. The summed E-state index contributed by atoms with van der Waals surface area (Å²) in [6.07, 6.45) is 3.91. The molecule has 0 amide bonds. The van der Waals surface area contributed by atoms with Gasteiger partial charge in [-0.05, 0) is 34.9 Å². The van der Waals surface area contributed by atoms with Gasteiger partial charge in [0.25, 0.3) is 0 Å². The van der Waals surface area contributed by atoms with Gasteiger partial charge in [-0.3, -0.25) is 0 Å². The van der Waals surface area contributed by atoms with Gasteiger partial charge in [-0.25, -0.2) is 4.98 Å². The Morgan fingerprint density at radius 2 is 1.35 bits per heavy atom. The highest BCUT2D eigenvalue weighted by atomic mass is 16.3. The zero-order valence-corrected chi connectivity index (χ0v) is 12.5. The smallest absolute Gasteiger partial charge is 0.220 e. The second kappa shape index (κ2) is 5.93. The highest BCUT2D eigenvalue weighted by Crippen LogP contribution is 2.21. The van der Waals surface area contributed by atoms with Crippen LogP contribution in [0, 0.1) is 0 Å². The number of hydrogen-bond acceptors (Lipinski definition) is 2. The molecule has 0 bridgehead atoms. The van der Waals surface area contributed by atoms with E-state index in [0.29, 0.717) is 5.89 Å². The first kappa shape index (κ1) is 13.5. The van der Waals surface area contributed by atoms with Gasteiger partial charge in [0, 0.05) is 6.08 Å². The monoisotopic (exact) mass is 297 g/mol. The van der Waals surface area contributed by atoms with Crippen LogP contribution >= 0.6 is 0 Å². The van der Waals surface area contributed by atoms with Crippen molar-refractivity contribution >= 4 is 23.3 Å². The zero-order valence-electron chi connectivity index (χ0n) is 12.5. The van der Waals surface area contributed by atoms with Crippen LogP contribution in [0.4, 0.5) is 0 Å². The maximum absolute atomic E-state index is 5.68. The van der Waals surface area contributed by atoms with Crippen molar-refractivity contribution in [3.05, 3.63) is 90.3 Å². The van der Waals surface area contributed by atoms with Crippen molar-refractivity contribution in [2.24, 2.45) is 0 Å². The van der Waals surface area contributed by atoms with E-state index in [1.165, 1.54) is 11.1 Å². The molecule has 4 aromatic rings. The van der Waals surface area contributed by atoms with E-state index in [9.17, 15) is 0 Å². The second-order valence-electron chi connectivity index (χ2n) is 5.34. The van der Waals surface area contributed by atoms with Crippen LogP contribution in [-0.4, -0.2) is 4.98 Å². The van der Waals surface area contributed by atoms with E-state index in [-0.39, 0.29) is 0 Å². The molecule has 0 aliphatic carbocycles. The summed E-state index contributed by atoms with van der Waals surface area (Å²) in [6, 6.07) is 26.6. The summed E-state index contributed by atoms with van der Waals surface area (Å²) in [6.45, 7) is 0. The molecule has 23 heavy (non-hydrogen) atoms. The third kappa shape index (κ3) is 2.92. The highest BCUT2D eigenvalue weighted by Gasteiger charge is 2.01. The molecule has 2 nitrogen and oxygen atoms in total. The Labute approximate surface area is 134 Å². The van der Waals surface area contributed by atoms with Crippen molar-refractivity contribution in [2.45, 2.75) is 0 Å². The summed E-state index contributed by atoms with van der Waals surface area (Å²) < 4.78 is 5.68. The van der Waals surface area contributed by atoms with Crippen LogP contribution in [-0.2, 0) is 0 Å². The molecule has 4 rings (SSSR count). The number of benzene rings is 3. The Morgan fingerprint density at radius 3 is 2.13 bits per heavy atom. The van der Waals surface area contributed by atoms with E-state index >= 15 is 0 Å². The minimum absolute atomic E-state index is 0.623. The Balaban J connectivity index is 1.56. The third-order valence-electron chi connectivity index (χ3n) is 3.75. The van der Waals surface area contributed by atoms with Crippen LogP contribution in [0.2, 0.25) is 0 Å². The first-order chi connectivity index (χ1) is 11.4. The van der Waals surface area contributed by atoms with Gasteiger partial charge in [0.1, 0.15) is 5.52 Å². The van der Waals surface area contributed by atoms with Crippen LogP contribution in [0.5, 0.6) is 0 Å². The standard InChI is InChI=1S/C21H15NO/c1-2-6-17(7-3-1)18-13-10-16(11-14-18)12-15-21-22-19-8-4-5-9-20(19)23-21/h1-15H. The first-order valence-corrected chi connectivity index (χ1v) is 7.58. The second-order valence-corrected chi connectivity index (χ2v) is 5.34. The average molecular weight is 297 g/mol. The topological polar surface area (TPSA) is 26.0 Å². The van der Waals surface area contributed by atoms with E-state index in [0.717, 1.165) is 16.7 Å². The Morgan fingerprint density at radius 1 is 0.652 bits per heavy atom. The van der Waals surface area contributed by atoms with Crippen LogP contribution in [0.1, 0.15) is 11.5 Å². The maximum atomic E-state index is 5.68. The van der Waals surface area contributed by atoms with E-state index in [4.69, 9.17) is 4.42 Å². The van der Waals surface area contributed by atoms with Crippen molar-refractivity contribution in [1.82, 2.24) is 4.98 Å². The summed E-state index contributed by atoms with van der Waals surface area (Å²) in [5.41, 5.74) is 5.25. The molecule has 0 aliphatic heterocycles. The van der Waals surface area contributed by atoms with Crippen LogP contribution in [0.25, 0.3) is 34.4 Å². The average Bonchev–Trinajstić information content (AvgIpc) is 3.04. The van der Waals surface area contributed by atoms with Gasteiger partial charge in [0.2, 0.25) is 5.89 Å². The molecular formula is C21H15NO. The SMILES string of the molecule is C(=Cc1nc2ccccc2o1)c1ccc(-c2ccccc2)cc1. The molecule has 0 atom stereocenters. The van der Waals surface area contributed by atoms with Gasteiger partial charge in [0.05, 0.1) is 0 Å². The van der Waals surface area contributed by atoms with Crippen molar-refractivity contribution < 1.29 is 4.42 Å². The van der Waals surface area contributed by atoms with E-state index in [1.54, 1.807) is 0 Å². The molecule has 0 N–H and O–H groups in total. The minimum atomic E-state index is 0.623. The molecule has 2 heteroatoms. The molecule has 0 radical (unpaired) electrons. The lowest BCUT2D eigenvalue weighted by Crippen LogP contribution is -1.78. The molecule has 0 fully saturated rings. The van der Waals surface area contributed by atoms with Crippen LogP contribution < -0.4 is 0 Å². The first-order valence-electron chi connectivity index (χ1n) is 7.58. The molecule has 0 saturated heterocycles. The van der Waals surface area contributed by atoms with Gasteiger partial charge in [0.15, 0.2) is 5.58 Å². The normalized spacial score (nSPS) is 11.3. The molecule has 0 aliphatic rings. The van der Waals surface area contributed by atoms with Gasteiger partial charge in [-0.15, -0.1) is 0 Å². The van der Waals surface area contributed by atoms with Crippen LogP contribution in [0.3, 0.4) is 0 Å². The molecular weight excluding hydrogens is 282 g/mol. The summed E-state index contributed by atoms with van der Waals surface area (Å²) in [4.78, 5) is 4.44. The largest absolute Gasteiger partial charge is 0.437 e. The number of hydrogen-bond donors (Lipinski definition) is 0. The summed E-state index contributed by atoms with van der Waals surface area (Å²) >= 11 is 0. The lowest BCUT2D eigenvalue weighted by molar-refractivity contribution is 0.590. The van der Waals surface area contributed by atoms with Gasteiger partial charge >= 0.3 is 0 Å². The molecule has 3 aromatic carbocycles. The Kier molecular flexibility index (Phi) is 3.49. The van der Waals surface area contributed by atoms with E-state index in [1.807, 2.05) is 42.5 Å². The fraction of sp³-hybridized carbons (Fsp3) is 0. The van der Waals surface area contributed by atoms with E-state index < -0.39 is 0 Å². The number of rotatable bonds is 3. The third-order valence-corrected chi connectivity index (χ3v) is 3.75. The molecule has 110 valence electrons. The van der Waals surface area contributed by atoms with Crippen molar-refractivity contribution in [3.8, 4) is 11.1 Å². The van der Waals surface area contributed by atoms with Gasteiger partial charge < -0.3 is 4.42 Å². The summed E-state index contributed by atoms with van der Waals surface area (Å²) in [5, 5.41) is 0. The number of para-hydroxylation sites is 2. The Hall–Kier alpha value is -3.13. The molecule has 1 aromatic heterocycles. The maximum Gasteiger partial charge on any atom is 0.220 e. The predicted octanol–water partition coefficient (Wildman–Crippen LogP) is 5.67. The predicted molar refractivity (Wildman–Crippen MR) is 94.8 cm³/mol. The molecule has 0 unspecified atom stereocenters.